The Labute approximate surface area is 101 Å². The van der Waals surface area contributed by atoms with E-state index in [1.54, 1.807) is 16.8 Å². The van der Waals surface area contributed by atoms with E-state index in [2.05, 4.69) is 0 Å². The molecule has 0 aromatic carbocycles. The molecule has 0 spiro atoms. The summed E-state index contributed by atoms with van der Waals surface area (Å²) in [4.78, 5) is 13.2. The average Bonchev–Trinajstić information content (AvgIpc) is 2.80. The van der Waals surface area contributed by atoms with Gasteiger partial charge in [0, 0.05) is 18.5 Å². The van der Waals surface area contributed by atoms with E-state index >= 15 is 0 Å². The Bertz CT molecular complexity index is 388. The van der Waals surface area contributed by atoms with Gasteiger partial charge >= 0.3 is 6.18 Å². The monoisotopic (exact) mass is 263 g/mol. The van der Waals surface area contributed by atoms with Crippen LogP contribution in [0.25, 0.3) is 0 Å². The number of nitrogens with zero attached hydrogens (tertiary/aromatic N) is 1. The molecule has 1 atom stereocenters. The number of hydrogen-bond donors (Lipinski definition) is 0. The van der Waals surface area contributed by atoms with Gasteiger partial charge in [0.05, 0.1) is 11.5 Å². The second kappa shape index (κ2) is 4.68. The van der Waals surface area contributed by atoms with E-state index in [4.69, 9.17) is 0 Å². The predicted octanol–water partition coefficient (Wildman–Crippen LogP) is 3.16. The maximum atomic E-state index is 12.6. The number of halogens is 3. The van der Waals surface area contributed by atoms with E-state index in [-0.39, 0.29) is 18.9 Å². The molecule has 1 saturated heterocycles. The second-order valence-electron chi connectivity index (χ2n) is 4.14. The summed E-state index contributed by atoms with van der Waals surface area (Å²) in [7, 11) is 0. The van der Waals surface area contributed by atoms with Crippen LogP contribution in [-0.4, -0.2) is 30.1 Å². The topological polar surface area (TPSA) is 20.3 Å². The minimum Gasteiger partial charge on any atom is -0.338 e. The van der Waals surface area contributed by atoms with Gasteiger partial charge in [-0.2, -0.15) is 24.5 Å². The lowest BCUT2D eigenvalue weighted by Crippen LogP contribution is -2.44. The number of carbonyl (C=O) groups is 1. The highest BCUT2D eigenvalue weighted by molar-refractivity contribution is 7.08. The van der Waals surface area contributed by atoms with Crippen molar-refractivity contribution >= 4 is 17.2 Å². The van der Waals surface area contributed by atoms with Gasteiger partial charge in [-0.1, -0.05) is 0 Å². The second-order valence-corrected chi connectivity index (χ2v) is 4.92. The molecule has 94 valence electrons. The van der Waals surface area contributed by atoms with Crippen LogP contribution in [0.15, 0.2) is 16.8 Å². The van der Waals surface area contributed by atoms with Crippen LogP contribution in [0.5, 0.6) is 0 Å². The molecule has 17 heavy (non-hydrogen) atoms. The van der Waals surface area contributed by atoms with Gasteiger partial charge in [0.25, 0.3) is 5.91 Å². The molecule has 1 aromatic rings. The normalized spacial score (nSPS) is 21.6. The number of carbonyl (C=O) groups excluding carboxylic acids is 1. The smallest absolute Gasteiger partial charge is 0.338 e. The predicted molar refractivity (Wildman–Crippen MR) is 59.0 cm³/mol. The van der Waals surface area contributed by atoms with E-state index in [0.29, 0.717) is 18.5 Å². The van der Waals surface area contributed by atoms with E-state index in [9.17, 15) is 18.0 Å². The van der Waals surface area contributed by atoms with Gasteiger partial charge in [-0.25, -0.2) is 0 Å². The molecule has 1 aliphatic rings. The molecular formula is C11H12F3NOS. The van der Waals surface area contributed by atoms with Crippen LogP contribution in [-0.2, 0) is 0 Å². The highest BCUT2D eigenvalue weighted by Crippen LogP contribution is 2.33. The molecular weight excluding hydrogens is 251 g/mol. The first-order valence-corrected chi connectivity index (χ1v) is 6.31. The van der Waals surface area contributed by atoms with Crippen molar-refractivity contribution in [1.82, 2.24) is 4.90 Å². The summed E-state index contributed by atoms with van der Waals surface area (Å²) in [6, 6.07) is 1.64. The SMILES string of the molecule is O=C(c1ccsc1)N1CCC[C@H](C(F)(F)F)C1. The number of likely N-dealkylation sites (tertiary alicyclic amines) is 1. The van der Waals surface area contributed by atoms with Gasteiger partial charge in [0.1, 0.15) is 0 Å². The van der Waals surface area contributed by atoms with Gasteiger partial charge < -0.3 is 4.90 Å². The van der Waals surface area contributed by atoms with E-state index < -0.39 is 12.1 Å². The Morgan fingerprint density at radius 1 is 1.47 bits per heavy atom. The third kappa shape index (κ3) is 2.80. The first kappa shape index (κ1) is 12.4. The highest BCUT2D eigenvalue weighted by Gasteiger charge is 2.42. The maximum absolute atomic E-state index is 12.6. The van der Waals surface area contributed by atoms with Crippen molar-refractivity contribution in [3.8, 4) is 0 Å². The number of amides is 1. The largest absolute Gasteiger partial charge is 0.393 e. The van der Waals surface area contributed by atoms with Crippen LogP contribution in [0.1, 0.15) is 23.2 Å². The first-order valence-electron chi connectivity index (χ1n) is 5.36. The van der Waals surface area contributed by atoms with Crippen LogP contribution in [0.2, 0.25) is 0 Å². The van der Waals surface area contributed by atoms with Gasteiger partial charge in [0.15, 0.2) is 0 Å². The van der Waals surface area contributed by atoms with E-state index in [1.165, 1.54) is 16.2 Å². The number of thiophene rings is 1. The summed E-state index contributed by atoms with van der Waals surface area (Å²) in [5.41, 5.74) is 0.484. The zero-order valence-corrected chi connectivity index (χ0v) is 9.85. The molecule has 2 heterocycles. The standard InChI is InChI=1S/C11H12F3NOS/c12-11(13,14)9-2-1-4-15(6-9)10(16)8-3-5-17-7-8/h3,5,7,9H,1-2,4,6H2/t9-/m0/s1. The fourth-order valence-electron chi connectivity index (χ4n) is 2.00. The molecule has 2 nitrogen and oxygen atoms in total. The number of alkyl halides is 3. The van der Waals surface area contributed by atoms with Crippen molar-refractivity contribution < 1.29 is 18.0 Å². The quantitative estimate of drug-likeness (QED) is 0.762. The van der Waals surface area contributed by atoms with Gasteiger partial charge in [-0.05, 0) is 24.3 Å². The van der Waals surface area contributed by atoms with Crippen LogP contribution in [0.4, 0.5) is 13.2 Å². The van der Waals surface area contributed by atoms with Crippen LogP contribution in [0.3, 0.4) is 0 Å². The minimum atomic E-state index is -4.20. The number of rotatable bonds is 1. The lowest BCUT2D eigenvalue weighted by atomic mass is 9.97. The van der Waals surface area contributed by atoms with Crippen molar-refractivity contribution in [3.05, 3.63) is 22.4 Å². The molecule has 1 aromatic heterocycles. The van der Waals surface area contributed by atoms with Crippen molar-refractivity contribution in [2.24, 2.45) is 5.92 Å². The van der Waals surface area contributed by atoms with Crippen molar-refractivity contribution in [3.63, 3.8) is 0 Å². The summed E-state index contributed by atoms with van der Waals surface area (Å²) >= 11 is 1.37. The lowest BCUT2D eigenvalue weighted by molar-refractivity contribution is -0.184. The molecule has 6 heteroatoms. The number of piperidine rings is 1. The van der Waals surface area contributed by atoms with Crippen molar-refractivity contribution in [2.45, 2.75) is 19.0 Å². The third-order valence-electron chi connectivity index (χ3n) is 2.94. The third-order valence-corrected chi connectivity index (χ3v) is 3.62. The van der Waals surface area contributed by atoms with Gasteiger partial charge in [0.2, 0.25) is 0 Å². The Balaban J connectivity index is 2.05. The maximum Gasteiger partial charge on any atom is 0.393 e. The molecule has 0 N–H and O–H groups in total. The minimum absolute atomic E-state index is 0.122. The van der Waals surface area contributed by atoms with Gasteiger partial charge in [-0.3, -0.25) is 4.79 Å². The fraction of sp³-hybridized carbons (Fsp3) is 0.545. The van der Waals surface area contributed by atoms with Crippen molar-refractivity contribution in [1.29, 1.82) is 0 Å². The molecule has 2 rings (SSSR count). The van der Waals surface area contributed by atoms with E-state index in [0.717, 1.165) is 0 Å². The zero-order chi connectivity index (χ0) is 12.5. The van der Waals surface area contributed by atoms with E-state index in [1.807, 2.05) is 0 Å². The molecule has 0 aliphatic carbocycles. The Morgan fingerprint density at radius 2 is 2.24 bits per heavy atom. The summed E-state index contributed by atoms with van der Waals surface area (Å²) in [5, 5.41) is 3.41. The highest BCUT2D eigenvalue weighted by atomic mass is 32.1. The Kier molecular flexibility index (Phi) is 3.42. The average molecular weight is 263 g/mol. The molecule has 0 saturated carbocycles. The fourth-order valence-corrected chi connectivity index (χ4v) is 2.63. The summed E-state index contributed by atoms with van der Waals surface area (Å²) in [5.74, 6) is -1.67. The number of hydrogen-bond acceptors (Lipinski definition) is 2. The molecule has 0 radical (unpaired) electrons. The molecule has 1 aliphatic heterocycles. The molecule has 0 unspecified atom stereocenters. The Morgan fingerprint density at radius 3 is 2.82 bits per heavy atom. The van der Waals surface area contributed by atoms with Crippen LogP contribution in [0, 0.1) is 5.92 Å². The summed E-state index contributed by atoms with van der Waals surface area (Å²) < 4.78 is 37.8. The van der Waals surface area contributed by atoms with Crippen molar-refractivity contribution in [2.75, 3.05) is 13.1 Å². The van der Waals surface area contributed by atoms with Gasteiger partial charge in [-0.15, -0.1) is 0 Å². The molecule has 1 amide bonds. The van der Waals surface area contributed by atoms with Crippen LogP contribution >= 0.6 is 11.3 Å². The van der Waals surface area contributed by atoms with Crippen LogP contribution < -0.4 is 0 Å². The molecule has 0 bridgehead atoms. The Hall–Kier alpha value is -1.04. The summed E-state index contributed by atoms with van der Waals surface area (Å²) in [6.45, 7) is 0.208. The summed E-state index contributed by atoms with van der Waals surface area (Å²) in [6.07, 6.45) is -3.66. The first-order chi connectivity index (χ1) is 7.98. The zero-order valence-electron chi connectivity index (χ0n) is 9.04. The lowest BCUT2D eigenvalue weighted by Gasteiger charge is -2.33. The molecule has 1 fully saturated rings.